The summed E-state index contributed by atoms with van der Waals surface area (Å²) >= 11 is 0. The van der Waals surface area contributed by atoms with Gasteiger partial charge < -0.3 is 10.2 Å². The highest BCUT2D eigenvalue weighted by atomic mass is 16.4. The molecular formula is C23H40O3. The Morgan fingerprint density at radius 1 is 0.654 bits per heavy atom. The second-order valence-corrected chi connectivity index (χ2v) is 7.09. The minimum absolute atomic E-state index is 0.0741. The average Bonchev–Trinajstić information content (AvgIpc) is 2.63. The van der Waals surface area contributed by atoms with Crippen LogP contribution in [0.1, 0.15) is 114 Å². The van der Waals surface area contributed by atoms with Gasteiger partial charge >= 0.3 is 5.97 Å². The molecule has 26 heavy (non-hydrogen) atoms. The summed E-state index contributed by atoms with van der Waals surface area (Å²) in [5.41, 5.74) is 0.179. The number of benzene rings is 1. The van der Waals surface area contributed by atoms with Crippen LogP contribution < -0.4 is 0 Å². The van der Waals surface area contributed by atoms with Crippen molar-refractivity contribution in [1.29, 1.82) is 0 Å². The predicted octanol–water partition coefficient (Wildman–Crippen LogP) is 7.58. The third-order valence-corrected chi connectivity index (χ3v) is 4.57. The second kappa shape index (κ2) is 18.3. The molecule has 0 unspecified atom stereocenters. The van der Waals surface area contributed by atoms with Crippen molar-refractivity contribution in [3.8, 4) is 5.75 Å². The van der Waals surface area contributed by atoms with Crippen molar-refractivity contribution in [3.05, 3.63) is 29.8 Å². The average molecular weight is 365 g/mol. The topological polar surface area (TPSA) is 57.5 Å². The number of unbranched alkanes of at least 4 members (excludes halogenated alkanes) is 13. The molecule has 0 aliphatic heterocycles. The minimum Gasteiger partial charge on any atom is -0.508 e. The van der Waals surface area contributed by atoms with E-state index in [1.165, 1.54) is 114 Å². The monoisotopic (exact) mass is 364 g/mol. The number of phenols is 1. The molecule has 2 N–H and O–H groups in total. The molecule has 0 bridgehead atoms. The van der Waals surface area contributed by atoms with Gasteiger partial charge in [-0.1, -0.05) is 104 Å². The highest BCUT2D eigenvalue weighted by molar-refractivity contribution is 5.87. The molecule has 0 saturated carbocycles. The van der Waals surface area contributed by atoms with Gasteiger partial charge in [0.25, 0.3) is 0 Å². The molecule has 0 aliphatic carbocycles. The first-order chi connectivity index (χ1) is 12.6. The third kappa shape index (κ3) is 16.0. The molecule has 0 spiro atoms. The molecule has 150 valence electrons. The van der Waals surface area contributed by atoms with Gasteiger partial charge in [0.15, 0.2) is 0 Å². The fourth-order valence-corrected chi connectivity index (χ4v) is 2.87. The molecule has 1 aromatic carbocycles. The molecule has 0 aliphatic rings. The van der Waals surface area contributed by atoms with Crippen LogP contribution in [0.2, 0.25) is 0 Å². The maximum Gasteiger partial charge on any atom is 0.335 e. The van der Waals surface area contributed by atoms with Crippen LogP contribution in [0.4, 0.5) is 0 Å². The van der Waals surface area contributed by atoms with Gasteiger partial charge in [0.05, 0.1) is 5.56 Å². The molecule has 0 fully saturated rings. The van der Waals surface area contributed by atoms with Crippen LogP contribution in [0.15, 0.2) is 24.3 Å². The van der Waals surface area contributed by atoms with E-state index in [-0.39, 0.29) is 11.3 Å². The SMILES string of the molecule is CCCCCCCCCCCCCCCC.O=C(O)c1ccc(O)cc1. The lowest BCUT2D eigenvalue weighted by atomic mass is 10.0. The highest BCUT2D eigenvalue weighted by Gasteiger charge is 1.99. The summed E-state index contributed by atoms with van der Waals surface area (Å²) in [5, 5.41) is 17.1. The Kier molecular flexibility index (Phi) is 17.2. The van der Waals surface area contributed by atoms with Crippen LogP contribution in [0.3, 0.4) is 0 Å². The number of hydrogen-bond donors (Lipinski definition) is 2. The molecule has 3 heteroatoms. The molecule has 0 heterocycles. The van der Waals surface area contributed by atoms with Gasteiger partial charge in [-0.2, -0.15) is 0 Å². The Hall–Kier alpha value is -1.51. The van der Waals surface area contributed by atoms with Crippen LogP contribution in [0.5, 0.6) is 5.75 Å². The van der Waals surface area contributed by atoms with Gasteiger partial charge in [0.2, 0.25) is 0 Å². The van der Waals surface area contributed by atoms with Crippen molar-refractivity contribution in [2.24, 2.45) is 0 Å². The van der Waals surface area contributed by atoms with E-state index in [1.54, 1.807) is 0 Å². The lowest BCUT2D eigenvalue weighted by molar-refractivity contribution is 0.0697. The lowest BCUT2D eigenvalue weighted by Crippen LogP contribution is -1.93. The van der Waals surface area contributed by atoms with Crippen molar-refractivity contribution in [2.75, 3.05) is 0 Å². The van der Waals surface area contributed by atoms with Crippen molar-refractivity contribution < 1.29 is 15.0 Å². The maximum absolute atomic E-state index is 10.2. The molecule has 0 amide bonds. The fourth-order valence-electron chi connectivity index (χ4n) is 2.87. The first-order valence-electron chi connectivity index (χ1n) is 10.6. The number of carboxylic acids is 1. The van der Waals surface area contributed by atoms with Crippen LogP contribution >= 0.6 is 0 Å². The Bertz CT molecular complexity index is 412. The highest BCUT2D eigenvalue weighted by Crippen LogP contribution is 2.12. The zero-order chi connectivity index (χ0) is 19.5. The van der Waals surface area contributed by atoms with E-state index in [1.807, 2.05) is 0 Å². The zero-order valence-corrected chi connectivity index (χ0v) is 17.0. The third-order valence-electron chi connectivity index (χ3n) is 4.57. The minimum atomic E-state index is -0.986. The molecule has 1 aromatic rings. The quantitative estimate of drug-likeness (QED) is 0.334. The number of carboxylic acid groups (broad SMARTS) is 1. The number of rotatable bonds is 14. The number of hydrogen-bond acceptors (Lipinski definition) is 2. The van der Waals surface area contributed by atoms with Crippen molar-refractivity contribution in [1.82, 2.24) is 0 Å². The predicted molar refractivity (Wildman–Crippen MR) is 111 cm³/mol. The van der Waals surface area contributed by atoms with E-state index in [0.29, 0.717) is 0 Å². The van der Waals surface area contributed by atoms with Crippen LogP contribution in [0.25, 0.3) is 0 Å². The van der Waals surface area contributed by atoms with E-state index in [4.69, 9.17) is 10.2 Å². The Labute approximate surface area is 160 Å². The Morgan fingerprint density at radius 2 is 0.962 bits per heavy atom. The van der Waals surface area contributed by atoms with E-state index in [2.05, 4.69) is 13.8 Å². The largest absolute Gasteiger partial charge is 0.508 e. The number of aromatic hydroxyl groups is 1. The van der Waals surface area contributed by atoms with E-state index in [0.717, 1.165) is 0 Å². The number of carbonyl (C=O) groups is 1. The van der Waals surface area contributed by atoms with Crippen LogP contribution in [-0.4, -0.2) is 16.2 Å². The zero-order valence-electron chi connectivity index (χ0n) is 17.0. The van der Waals surface area contributed by atoms with Crippen molar-refractivity contribution >= 4 is 5.97 Å². The second-order valence-electron chi connectivity index (χ2n) is 7.09. The normalized spacial score (nSPS) is 10.2. The molecule has 0 radical (unpaired) electrons. The van der Waals surface area contributed by atoms with Gasteiger partial charge in [-0.3, -0.25) is 0 Å². The molecule has 3 nitrogen and oxygen atoms in total. The molecular weight excluding hydrogens is 324 g/mol. The first kappa shape index (κ1) is 24.5. The van der Waals surface area contributed by atoms with E-state index in [9.17, 15) is 4.79 Å². The Morgan fingerprint density at radius 3 is 1.23 bits per heavy atom. The van der Waals surface area contributed by atoms with Gasteiger partial charge in [0, 0.05) is 0 Å². The van der Waals surface area contributed by atoms with E-state index >= 15 is 0 Å². The van der Waals surface area contributed by atoms with Crippen molar-refractivity contribution in [3.63, 3.8) is 0 Å². The van der Waals surface area contributed by atoms with Crippen molar-refractivity contribution in [2.45, 2.75) is 104 Å². The van der Waals surface area contributed by atoms with Gasteiger partial charge in [-0.05, 0) is 24.3 Å². The maximum atomic E-state index is 10.2. The summed E-state index contributed by atoms with van der Waals surface area (Å²) in [7, 11) is 0. The summed E-state index contributed by atoms with van der Waals surface area (Å²) in [6.45, 7) is 4.58. The van der Waals surface area contributed by atoms with Gasteiger partial charge in [0.1, 0.15) is 5.75 Å². The van der Waals surface area contributed by atoms with Gasteiger partial charge in [-0.15, -0.1) is 0 Å². The first-order valence-corrected chi connectivity index (χ1v) is 10.6. The standard InChI is InChI=1S/C16H34.C7H6O3/c1-3-5-7-9-11-13-15-16-14-12-10-8-6-4-2;8-6-3-1-5(2-4-6)7(9)10/h3-16H2,1-2H3;1-4,8H,(H,9,10). The smallest absolute Gasteiger partial charge is 0.335 e. The van der Waals surface area contributed by atoms with E-state index < -0.39 is 5.97 Å². The summed E-state index contributed by atoms with van der Waals surface area (Å²) in [6, 6.07) is 5.36. The fraction of sp³-hybridized carbons (Fsp3) is 0.696. The van der Waals surface area contributed by atoms with Gasteiger partial charge in [-0.25, -0.2) is 4.79 Å². The van der Waals surface area contributed by atoms with Crippen LogP contribution in [-0.2, 0) is 0 Å². The summed E-state index contributed by atoms with van der Waals surface area (Å²) in [4.78, 5) is 10.2. The summed E-state index contributed by atoms with van der Waals surface area (Å²) in [6.07, 6.45) is 20.4. The summed E-state index contributed by atoms with van der Waals surface area (Å²) < 4.78 is 0. The number of aromatic carboxylic acids is 1. The van der Waals surface area contributed by atoms with Crippen LogP contribution in [0, 0.1) is 0 Å². The lowest BCUT2D eigenvalue weighted by Gasteiger charge is -2.02. The number of phenolic OH excluding ortho intramolecular Hbond substituents is 1. The molecule has 0 atom stereocenters. The molecule has 0 saturated heterocycles. The summed E-state index contributed by atoms with van der Waals surface area (Å²) in [5.74, 6) is -0.912. The molecule has 1 rings (SSSR count). The Balaban J connectivity index is 0.000000531. The molecule has 0 aromatic heterocycles.